The molecule has 2 atom stereocenters. The first-order valence-electron chi connectivity index (χ1n) is 7.36. The summed E-state index contributed by atoms with van der Waals surface area (Å²) in [6.45, 7) is 6.69. The molecule has 0 saturated heterocycles. The van der Waals surface area contributed by atoms with E-state index in [1.807, 2.05) is 36.5 Å². The lowest BCUT2D eigenvalue weighted by molar-refractivity contribution is 0.326. The van der Waals surface area contributed by atoms with Crippen LogP contribution in [0.15, 0.2) is 47.2 Å². The minimum absolute atomic E-state index is 0.313. The second kappa shape index (κ2) is 6.23. The van der Waals surface area contributed by atoms with Gasteiger partial charge in [0.25, 0.3) is 0 Å². The SMILES string of the molecule is CC(C)CC(C)C1(N)C=NC(Nc2ccccc2)=CC1. The van der Waals surface area contributed by atoms with Crippen LogP contribution in [0.3, 0.4) is 0 Å². The van der Waals surface area contributed by atoms with Crippen molar-refractivity contribution in [3.8, 4) is 0 Å². The molecule has 0 radical (unpaired) electrons. The zero-order valence-corrected chi connectivity index (χ0v) is 12.6. The fourth-order valence-corrected chi connectivity index (χ4v) is 2.58. The molecule has 1 heterocycles. The molecular formula is C17H25N3. The van der Waals surface area contributed by atoms with Gasteiger partial charge in [-0.3, -0.25) is 0 Å². The van der Waals surface area contributed by atoms with Crippen LogP contribution in [0.2, 0.25) is 0 Å². The lowest BCUT2D eigenvalue weighted by Gasteiger charge is -2.34. The Morgan fingerprint density at radius 3 is 2.50 bits per heavy atom. The highest BCUT2D eigenvalue weighted by molar-refractivity contribution is 5.74. The second-order valence-corrected chi connectivity index (χ2v) is 6.19. The molecule has 0 aromatic heterocycles. The van der Waals surface area contributed by atoms with Gasteiger partial charge in [0.15, 0.2) is 0 Å². The number of hydrogen-bond acceptors (Lipinski definition) is 3. The maximum absolute atomic E-state index is 6.48. The summed E-state index contributed by atoms with van der Waals surface area (Å²) in [5.41, 5.74) is 7.22. The number of rotatable bonds is 5. The van der Waals surface area contributed by atoms with Crippen molar-refractivity contribution >= 4 is 11.9 Å². The summed E-state index contributed by atoms with van der Waals surface area (Å²) < 4.78 is 0. The number of aliphatic imine (C=N–C) groups is 1. The van der Waals surface area contributed by atoms with Crippen molar-refractivity contribution in [3.63, 3.8) is 0 Å². The van der Waals surface area contributed by atoms with E-state index in [1.54, 1.807) is 0 Å². The van der Waals surface area contributed by atoms with E-state index in [4.69, 9.17) is 5.73 Å². The van der Waals surface area contributed by atoms with Gasteiger partial charge in [0.2, 0.25) is 0 Å². The Morgan fingerprint density at radius 1 is 1.25 bits per heavy atom. The van der Waals surface area contributed by atoms with Gasteiger partial charge < -0.3 is 11.1 Å². The molecule has 1 aliphatic heterocycles. The molecule has 0 fully saturated rings. The van der Waals surface area contributed by atoms with E-state index in [-0.39, 0.29) is 5.54 Å². The molecule has 1 aromatic carbocycles. The Labute approximate surface area is 122 Å². The standard InChI is InChI=1S/C17H25N3/c1-13(2)11-14(3)17(18)10-9-16(19-12-17)20-15-7-5-4-6-8-15/h4-9,12-14,20H,10-11,18H2,1-3H3. The minimum atomic E-state index is -0.313. The van der Waals surface area contributed by atoms with E-state index >= 15 is 0 Å². The van der Waals surface area contributed by atoms with Gasteiger partial charge in [-0.2, -0.15) is 0 Å². The normalized spacial score (nSPS) is 23.6. The lowest BCUT2D eigenvalue weighted by Crippen LogP contribution is -2.49. The highest BCUT2D eigenvalue weighted by Crippen LogP contribution is 2.27. The Bertz CT molecular complexity index is 490. The Balaban J connectivity index is 1.98. The van der Waals surface area contributed by atoms with Crippen molar-refractivity contribution in [3.05, 3.63) is 42.2 Å². The molecule has 1 aromatic rings. The van der Waals surface area contributed by atoms with Crippen molar-refractivity contribution in [1.82, 2.24) is 0 Å². The molecule has 0 saturated carbocycles. The van der Waals surface area contributed by atoms with E-state index in [0.717, 1.165) is 24.4 Å². The quantitative estimate of drug-likeness (QED) is 0.856. The highest BCUT2D eigenvalue weighted by atomic mass is 15.0. The summed E-state index contributed by atoms with van der Waals surface area (Å²) >= 11 is 0. The predicted octanol–water partition coefficient (Wildman–Crippen LogP) is 3.79. The zero-order chi connectivity index (χ0) is 14.6. The first-order chi connectivity index (χ1) is 9.49. The van der Waals surface area contributed by atoms with Crippen LogP contribution in [0.5, 0.6) is 0 Å². The van der Waals surface area contributed by atoms with Crippen LogP contribution in [0.4, 0.5) is 5.69 Å². The second-order valence-electron chi connectivity index (χ2n) is 6.19. The first kappa shape index (κ1) is 14.8. The van der Waals surface area contributed by atoms with Crippen LogP contribution in [-0.2, 0) is 0 Å². The summed E-state index contributed by atoms with van der Waals surface area (Å²) in [5.74, 6) is 1.97. The van der Waals surface area contributed by atoms with Crippen LogP contribution in [0, 0.1) is 11.8 Å². The molecule has 2 unspecified atom stereocenters. The fourth-order valence-electron chi connectivity index (χ4n) is 2.58. The molecule has 0 amide bonds. The van der Waals surface area contributed by atoms with Gasteiger partial charge >= 0.3 is 0 Å². The van der Waals surface area contributed by atoms with Crippen molar-refractivity contribution in [2.45, 2.75) is 39.2 Å². The van der Waals surface area contributed by atoms with Gasteiger partial charge in [-0.25, -0.2) is 4.99 Å². The van der Waals surface area contributed by atoms with Gasteiger partial charge in [0.05, 0.1) is 5.54 Å². The fraction of sp³-hybridized carbons (Fsp3) is 0.471. The van der Waals surface area contributed by atoms with Crippen LogP contribution in [0.1, 0.15) is 33.6 Å². The Kier molecular flexibility index (Phi) is 4.61. The number of nitrogens with two attached hydrogens (primary N) is 1. The largest absolute Gasteiger partial charge is 0.341 e. The third-order valence-electron chi connectivity index (χ3n) is 3.88. The number of hydrogen-bond donors (Lipinski definition) is 2. The molecule has 0 bridgehead atoms. The van der Waals surface area contributed by atoms with E-state index in [0.29, 0.717) is 11.8 Å². The van der Waals surface area contributed by atoms with Crippen LogP contribution in [-0.4, -0.2) is 11.8 Å². The van der Waals surface area contributed by atoms with E-state index in [2.05, 4.69) is 37.2 Å². The molecule has 3 heteroatoms. The van der Waals surface area contributed by atoms with Crippen LogP contribution >= 0.6 is 0 Å². The molecule has 20 heavy (non-hydrogen) atoms. The summed E-state index contributed by atoms with van der Waals surface area (Å²) in [7, 11) is 0. The third-order valence-corrected chi connectivity index (χ3v) is 3.88. The molecule has 3 nitrogen and oxygen atoms in total. The molecular weight excluding hydrogens is 246 g/mol. The average molecular weight is 271 g/mol. The van der Waals surface area contributed by atoms with Gasteiger partial charge in [-0.15, -0.1) is 0 Å². The molecule has 1 aliphatic rings. The summed E-state index contributed by atoms with van der Waals surface area (Å²) in [6, 6.07) is 10.1. The molecule has 108 valence electrons. The van der Waals surface area contributed by atoms with Gasteiger partial charge in [0.1, 0.15) is 5.82 Å². The summed E-state index contributed by atoms with van der Waals surface area (Å²) in [5, 5.41) is 3.31. The van der Waals surface area contributed by atoms with E-state index < -0.39 is 0 Å². The topological polar surface area (TPSA) is 50.4 Å². The molecule has 2 rings (SSSR count). The molecule has 0 aliphatic carbocycles. The maximum atomic E-state index is 6.48. The molecule has 0 spiro atoms. The minimum Gasteiger partial charge on any atom is -0.341 e. The van der Waals surface area contributed by atoms with Crippen molar-refractivity contribution < 1.29 is 0 Å². The van der Waals surface area contributed by atoms with E-state index in [9.17, 15) is 0 Å². The van der Waals surface area contributed by atoms with Gasteiger partial charge in [-0.05, 0) is 42.9 Å². The number of para-hydroxylation sites is 1. The first-order valence-corrected chi connectivity index (χ1v) is 7.36. The highest BCUT2D eigenvalue weighted by Gasteiger charge is 2.31. The summed E-state index contributed by atoms with van der Waals surface area (Å²) in [4.78, 5) is 4.51. The zero-order valence-electron chi connectivity index (χ0n) is 12.6. The van der Waals surface area contributed by atoms with Crippen molar-refractivity contribution in [2.75, 3.05) is 5.32 Å². The van der Waals surface area contributed by atoms with Crippen LogP contribution in [0.25, 0.3) is 0 Å². The average Bonchev–Trinajstić information content (AvgIpc) is 2.42. The van der Waals surface area contributed by atoms with Gasteiger partial charge in [-0.1, -0.05) is 39.0 Å². The molecule has 3 N–H and O–H groups in total. The number of nitrogens with one attached hydrogen (secondary N) is 1. The predicted molar refractivity (Wildman–Crippen MR) is 86.8 cm³/mol. The summed E-state index contributed by atoms with van der Waals surface area (Å²) in [6.07, 6.45) is 5.98. The van der Waals surface area contributed by atoms with Crippen molar-refractivity contribution in [2.24, 2.45) is 22.6 Å². The Hall–Kier alpha value is -1.61. The smallest absolute Gasteiger partial charge is 0.125 e. The van der Waals surface area contributed by atoms with Crippen molar-refractivity contribution in [1.29, 1.82) is 0 Å². The number of nitrogens with zero attached hydrogens (tertiary/aromatic N) is 1. The van der Waals surface area contributed by atoms with Crippen LogP contribution < -0.4 is 11.1 Å². The third kappa shape index (κ3) is 3.70. The number of benzene rings is 1. The van der Waals surface area contributed by atoms with E-state index in [1.165, 1.54) is 0 Å². The monoisotopic (exact) mass is 271 g/mol. The lowest BCUT2D eigenvalue weighted by atomic mass is 9.78. The maximum Gasteiger partial charge on any atom is 0.125 e. The van der Waals surface area contributed by atoms with Gasteiger partial charge in [0, 0.05) is 11.9 Å². The Morgan fingerprint density at radius 2 is 1.95 bits per heavy atom. The number of anilines is 1.